The number of piperidine rings is 1. The molecule has 7 nitrogen and oxygen atoms in total. The van der Waals surface area contributed by atoms with Gasteiger partial charge in [0.25, 0.3) is 11.8 Å². The number of para-hydroxylation sites is 1. The number of rotatable bonds is 2. The zero-order valence-electron chi connectivity index (χ0n) is 19.4. The smallest absolute Gasteiger partial charge is 0.270 e. The zero-order valence-corrected chi connectivity index (χ0v) is 21.0. The largest absolute Gasteiger partial charge is 0.495 e. The van der Waals surface area contributed by atoms with Crippen LogP contribution in [0.1, 0.15) is 39.3 Å². The van der Waals surface area contributed by atoms with Crippen molar-refractivity contribution >= 4 is 49.4 Å². The maximum absolute atomic E-state index is 13.4. The van der Waals surface area contributed by atoms with Gasteiger partial charge in [-0.25, -0.2) is 0 Å². The van der Waals surface area contributed by atoms with Crippen LogP contribution < -0.4 is 14.8 Å². The average molecular weight is 534 g/mol. The monoisotopic (exact) mass is 533 g/mol. The summed E-state index contributed by atoms with van der Waals surface area (Å²) in [4.78, 5) is 31.5. The van der Waals surface area contributed by atoms with Gasteiger partial charge in [-0.3, -0.25) is 9.59 Å². The number of benzene rings is 3. The van der Waals surface area contributed by atoms with Gasteiger partial charge in [-0.15, -0.1) is 0 Å². The molecule has 0 saturated carbocycles. The van der Waals surface area contributed by atoms with Gasteiger partial charge in [0.15, 0.2) is 5.72 Å². The van der Waals surface area contributed by atoms with Crippen LogP contribution in [0.4, 0.5) is 0 Å². The van der Waals surface area contributed by atoms with Gasteiger partial charge in [0.2, 0.25) is 0 Å². The highest BCUT2D eigenvalue weighted by Crippen LogP contribution is 2.37. The van der Waals surface area contributed by atoms with E-state index in [9.17, 15) is 9.59 Å². The summed E-state index contributed by atoms with van der Waals surface area (Å²) < 4.78 is 12.8. The third-order valence-electron chi connectivity index (χ3n) is 7.14. The lowest BCUT2D eigenvalue weighted by Crippen LogP contribution is -2.61. The normalized spacial score (nSPS) is 16.8. The van der Waals surface area contributed by atoms with E-state index in [0.29, 0.717) is 48.7 Å². The Morgan fingerprint density at radius 3 is 2.69 bits per heavy atom. The predicted octanol–water partition coefficient (Wildman–Crippen LogP) is 5.16. The molecule has 1 fully saturated rings. The van der Waals surface area contributed by atoms with Crippen molar-refractivity contribution in [2.75, 3.05) is 20.2 Å². The standard InChI is InChI=1S/C27H24BrN3O4/c1-15-19-4-3-5-21(34-2)24(19)29-23(15)26(33)31-10-8-27(9-11-31)30-25(32)20-13-17-12-18(28)7-6-16(17)14-22(20)35-27/h3-7,12-14,29H,8-11H2,1-2H3,(H,30,32). The highest BCUT2D eigenvalue weighted by atomic mass is 79.9. The van der Waals surface area contributed by atoms with Gasteiger partial charge in [-0.1, -0.05) is 34.1 Å². The molecule has 8 heteroatoms. The fourth-order valence-electron chi connectivity index (χ4n) is 5.19. The van der Waals surface area contributed by atoms with Crippen LogP contribution in [0.3, 0.4) is 0 Å². The number of H-pyrrole nitrogens is 1. The molecule has 3 aromatic carbocycles. The Hall–Kier alpha value is -3.52. The molecule has 1 saturated heterocycles. The van der Waals surface area contributed by atoms with Gasteiger partial charge in [-0.2, -0.15) is 0 Å². The molecule has 2 aliphatic rings. The minimum absolute atomic E-state index is 0.0605. The number of aromatic nitrogens is 1. The van der Waals surface area contributed by atoms with Crippen molar-refractivity contribution < 1.29 is 19.1 Å². The van der Waals surface area contributed by atoms with Crippen molar-refractivity contribution in [1.29, 1.82) is 0 Å². The number of amides is 2. The van der Waals surface area contributed by atoms with Crippen molar-refractivity contribution in [3.8, 4) is 11.5 Å². The number of nitrogens with one attached hydrogen (secondary N) is 2. The molecule has 0 atom stereocenters. The number of carbonyl (C=O) groups is 2. The highest BCUT2D eigenvalue weighted by Gasteiger charge is 2.43. The summed E-state index contributed by atoms with van der Waals surface area (Å²) >= 11 is 3.48. The van der Waals surface area contributed by atoms with Crippen LogP contribution >= 0.6 is 15.9 Å². The van der Waals surface area contributed by atoms with Crippen LogP contribution in [-0.2, 0) is 0 Å². The molecule has 6 rings (SSSR count). The quantitative estimate of drug-likeness (QED) is 0.373. The molecular weight excluding hydrogens is 510 g/mol. The number of carbonyl (C=O) groups excluding carboxylic acids is 2. The number of aryl methyl sites for hydroxylation is 1. The summed E-state index contributed by atoms with van der Waals surface area (Å²) in [7, 11) is 1.62. The van der Waals surface area contributed by atoms with Gasteiger partial charge >= 0.3 is 0 Å². The molecule has 2 aliphatic heterocycles. The molecule has 2 amide bonds. The molecular formula is C27H24BrN3O4. The Morgan fingerprint density at radius 2 is 1.91 bits per heavy atom. The fraction of sp³-hybridized carbons (Fsp3) is 0.259. The van der Waals surface area contributed by atoms with Crippen molar-refractivity contribution in [1.82, 2.24) is 15.2 Å². The van der Waals surface area contributed by atoms with E-state index in [4.69, 9.17) is 9.47 Å². The molecule has 1 aromatic heterocycles. The SMILES string of the molecule is COc1cccc2c(C)c(C(=O)N3CCC4(CC3)NC(=O)c3cc5cc(Br)ccc5cc3O4)[nH]c12. The van der Waals surface area contributed by atoms with E-state index in [-0.39, 0.29) is 11.8 Å². The summed E-state index contributed by atoms with van der Waals surface area (Å²) in [6.07, 6.45) is 1.01. The highest BCUT2D eigenvalue weighted by molar-refractivity contribution is 9.10. The lowest BCUT2D eigenvalue weighted by Gasteiger charge is -2.44. The maximum Gasteiger partial charge on any atom is 0.270 e. The first kappa shape index (κ1) is 22.0. The van der Waals surface area contributed by atoms with E-state index in [1.165, 1.54) is 0 Å². The van der Waals surface area contributed by atoms with E-state index < -0.39 is 5.72 Å². The van der Waals surface area contributed by atoms with Crippen molar-refractivity contribution in [3.63, 3.8) is 0 Å². The predicted molar refractivity (Wildman–Crippen MR) is 137 cm³/mol. The first-order chi connectivity index (χ1) is 16.9. The zero-order chi connectivity index (χ0) is 24.3. The Balaban J connectivity index is 1.24. The number of methoxy groups -OCH3 is 1. The van der Waals surface area contributed by atoms with Crippen LogP contribution in [-0.4, -0.2) is 47.6 Å². The summed E-state index contributed by atoms with van der Waals surface area (Å²) in [5, 5.41) is 6.03. The van der Waals surface area contributed by atoms with E-state index in [2.05, 4.69) is 26.2 Å². The molecule has 1 spiro atoms. The van der Waals surface area contributed by atoms with E-state index in [1.807, 2.05) is 60.4 Å². The molecule has 3 heterocycles. The number of hydrogen-bond acceptors (Lipinski definition) is 4. The van der Waals surface area contributed by atoms with Gasteiger partial charge < -0.3 is 24.7 Å². The Morgan fingerprint density at radius 1 is 1.11 bits per heavy atom. The van der Waals surface area contributed by atoms with Crippen LogP contribution in [0, 0.1) is 6.92 Å². The second-order valence-corrected chi connectivity index (χ2v) is 10.1. The minimum atomic E-state index is -0.817. The average Bonchev–Trinajstić information content (AvgIpc) is 3.20. The molecule has 2 N–H and O–H groups in total. The van der Waals surface area contributed by atoms with Crippen LogP contribution in [0.15, 0.2) is 53.0 Å². The number of aromatic amines is 1. The Bertz CT molecular complexity index is 1520. The molecule has 35 heavy (non-hydrogen) atoms. The topological polar surface area (TPSA) is 83.7 Å². The third kappa shape index (κ3) is 3.55. The van der Waals surface area contributed by atoms with Gasteiger partial charge in [-0.05, 0) is 53.6 Å². The van der Waals surface area contributed by atoms with Crippen molar-refractivity contribution in [2.45, 2.75) is 25.5 Å². The summed E-state index contributed by atoms with van der Waals surface area (Å²) in [6.45, 7) is 2.89. The number of halogens is 1. The minimum Gasteiger partial charge on any atom is -0.495 e. The van der Waals surface area contributed by atoms with E-state index in [0.717, 1.165) is 31.7 Å². The number of hydrogen-bond donors (Lipinski definition) is 2. The second kappa shape index (κ2) is 8.02. The molecule has 0 aliphatic carbocycles. The van der Waals surface area contributed by atoms with Crippen molar-refractivity contribution in [3.05, 3.63) is 69.8 Å². The van der Waals surface area contributed by atoms with Crippen LogP contribution in [0.2, 0.25) is 0 Å². The summed E-state index contributed by atoms with van der Waals surface area (Å²) in [5.74, 6) is 1.09. The first-order valence-electron chi connectivity index (χ1n) is 11.6. The van der Waals surface area contributed by atoms with Crippen molar-refractivity contribution in [2.24, 2.45) is 0 Å². The lowest BCUT2D eigenvalue weighted by molar-refractivity contribution is -0.0245. The third-order valence-corrected chi connectivity index (χ3v) is 7.63. The van der Waals surface area contributed by atoms with E-state index in [1.54, 1.807) is 7.11 Å². The number of nitrogens with zero attached hydrogens (tertiary/aromatic N) is 1. The maximum atomic E-state index is 13.4. The Kier molecular flexibility index (Phi) is 5.03. The van der Waals surface area contributed by atoms with Crippen LogP contribution in [0.5, 0.6) is 11.5 Å². The van der Waals surface area contributed by atoms with Crippen LogP contribution in [0.25, 0.3) is 21.7 Å². The second-order valence-electron chi connectivity index (χ2n) is 9.19. The number of likely N-dealkylation sites (tertiary alicyclic amines) is 1. The van der Waals surface area contributed by atoms with Gasteiger partial charge in [0, 0.05) is 35.8 Å². The first-order valence-corrected chi connectivity index (χ1v) is 12.4. The Labute approximate surface area is 210 Å². The lowest BCUT2D eigenvalue weighted by atomic mass is 9.95. The number of fused-ring (bicyclic) bond motifs is 3. The fourth-order valence-corrected chi connectivity index (χ4v) is 5.56. The number of ether oxygens (including phenoxy) is 2. The molecule has 178 valence electrons. The van der Waals surface area contributed by atoms with Gasteiger partial charge in [0.1, 0.15) is 17.2 Å². The molecule has 4 aromatic rings. The van der Waals surface area contributed by atoms with E-state index >= 15 is 0 Å². The summed E-state index contributed by atoms with van der Waals surface area (Å²) in [5.41, 5.74) is 2.00. The van der Waals surface area contributed by atoms with Gasteiger partial charge in [0.05, 0.1) is 18.2 Å². The molecule has 0 unspecified atom stereocenters. The molecule has 0 radical (unpaired) electrons. The molecule has 0 bridgehead atoms. The summed E-state index contributed by atoms with van der Waals surface area (Å²) in [6, 6.07) is 15.5.